The SMILES string of the molecule is CC(=O)NCC1(N)CN(c2ccc(N)c(F)c2)C(=O)O1. The Bertz CT molecular complexity index is 566. The van der Waals surface area contributed by atoms with E-state index in [1.165, 1.54) is 24.0 Å². The number of rotatable bonds is 3. The van der Waals surface area contributed by atoms with E-state index >= 15 is 0 Å². The van der Waals surface area contributed by atoms with E-state index in [9.17, 15) is 14.0 Å². The molecule has 0 radical (unpaired) electrons. The van der Waals surface area contributed by atoms with Crippen LogP contribution in [-0.2, 0) is 9.53 Å². The van der Waals surface area contributed by atoms with E-state index in [1.54, 1.807) is 0 Å². The molecule has 1 aliphatic rings. The van der Waals surface area contributed by atoms with Crippen LogP contribution < -0.4 is 21.7 Å². The van der Waals surface area contributed by atoms with Gasteiger partial charge in [-0.25, -0.2) is 9.18 Å². The summed E-state index contributed by atoms with van der Waals surface area (Å²) in [6.07, 6.45) is -0.706. The second kappa shape index (κ2) is 4.97. The number of nitrogen functional groups attached to an aromatic ring is 1. The number of carbonyl (C=O) groups is 2. The van der Waals surface area contributed by atoms with E-state index in [1.807, 2.05) is 0 Å². The normalized spacial score (nSPS) is 21.8. The molecule has 1 aromatic rings. The highest BCUT2D eigenvalue weighted by Crippen LogP contribution is 2.27. The molecule has 0 spiro atoms. The van der Waals surface area contributed by atoms with Crippen LogP contribution in [0.4, 0.5) is 20.6 Å². The quantitative estimate of drug-likeness (QED) is 0.684. The van der Waals surface area contributed by atoms with Gasteiger partial charge in [-0.3, -0.25) is 15.4 Å². The van der Waals surface area contributed by atoms with Gasteiger partial charge in [0.2, 0.25) is 5.91 Å². The van der Waals surface area contributed by atoms with E-state index in [2.05, 4.69) is 5.32 Å². The molecule has 5 N–H and O–H groups in total. The van der Waals surface area contributed by atoms with Gasteiger partial charge in [0.25, 0.3) is 0 Å². The summed E-state index contributed by atoms with van der Waals surface area (Å²) in [6.45, 7) is 1.30. The molecule has 2 amide bonds. The average Bonchev–Trinajstić information content (AvgIpc) is 2.67. The minimum atomic E-state index is -1.35. The predicted octanol–water partition coefficient (Wildman–Crippen LogP) is 0.156. The van der Waals surface area contributed by atoms with Crippen LogP contribution in [0.1, 0.15) is 6.92 Å². The third kappa shape index (κ3) is 2.80. The summed E-state index contributed by atoms with van der Waals surface area (Å²) >= 11 is 0. The van der Waals surface area contributed by atoms with Crippen molar-refractivity contribution in [3.8, 4) is 0 Å². The molecule has 2 rings (SSSR count). The lowest BCUT2D eigenvalue weighted by atomic mass is 10.2. The van der Waals surface area contributed by atoms with Gasteiger partial charge >= 0.3 is 6.09 Å². The van der Waals surface area contributed by atoms with Crippen LogP contribution >= 0.6 is 0 Å². The molecule has 1 fully saturated rings. The van der Waals surface area contributed by atoms with Crippen molar-refractivity contribution in [1.29, 1.82) is 0 Å². The van der Waals surface area contributed by atoms with Crippen LogP contribution in [0.5, 0.6) is 0 Å². The smallest absolute Gasteiger partial charge is 0.416 e. The third-order valence-corrected chi connectivity index (χ3v) is 2.87. The lowest BCUT2D eigenvalue weighted by Gasteiger charge is -2.21. The van der Waals surface area contributed by atoms with Crippen LogP contribution in [0.15, 0.2) is 18.2 Å². The summed E-state index contributed by atoms with van der Waals surface area (Å²) in [7, 11) is 0. The van der Waals surface area contributed by atoms with Gasteiger partial charge < -0.3 is 15.8 Å². The third-order valence-electron chi connectivity index (χ3n) is 2.87. The van der Waals surface area contributed by atoms with Crippen molar-refractivity contribution in [1.82, 2.24) is 5.32 Å². The first-order chi connectivity index (χ1) is 9.31. The maximum atomic E-state index is 13.4. The summed E-state index contributed by atoms with van der Waals surface area (Å²) < 4.78 is 18.4. The largest absolute Gasteiger partial charge is 0.424 e. The molecule has 108 valence electrons. The second-order valence-corrected chi connectivity index (χ2v) is 4.63. The van der Waals surface area contributed by atoms with E-state index in [0.29, 0.717) is 0 Å². The maximum Gasteiger partial charge on any atom is 0.416 e. The fourth-order valence-electron chi connectivity index (χ4n) is 1.84. The van der Waals surface area contributed by atoms with Crippen LogP contribution in [0.2, 0.25) is 0 Å². The van der Waals surface area contributed by atoms with Gasteiger partial charge in [-0.2, -0.15) is 0 Å². The molecule has 1 aromatic carbocycles. The highest BCUT2D eigenvalue weighted by Gasteiger charge is 2.43. The molecule has 1 saturated heterocycles. The average molecular weight is 282 g/mol. The van der Waals surface area contributed by atoms with Crippen molar-refractivity contribution in [3.05, 3.63) is 24.0 Å². The molecule has 0 aromatic heterocycles. The Morgan fingerprint density at radius 3 is 2.90 bits per heavy atom. The second-order valence-electron chi connectivity index (χ2n) is 4.63. The maximum absolute atomic E-state index is 13.4. The minimum absolute atomic E-state index is 0.00449. The van der Waals surface area contributed by atoms with Gasteiger partial charge in [0.05, 0.1) is 24.5 Å². The van der Waals surface area contributed by atoms with Crippen molar-refractivity contribution in [2.45, 2.75) is 12.6 Å². The fraction of sp³-hybridized carbons (Fsp3) is 0.333. The first-order valence-corrected chi connectivity index (χ1v) is 5.89. The summed E-state index contributed by atoms with van der Waals surface area (Å²) in [6, 6.07) is 3.97. The summed E-state index contributed by atoms with van der Waals surface area (Å²) in [5, 5.41) is 2.48. The molecule has 1 atom stereocenters. The molecule has 1 heterocycles. The van der Waals surface area contributed by atoms with Crippen molar-refractivity contribution in [2.75, 3.05) is 23.7 Å². The number of hydrogen-bond acceptors (Lipinski definition) is 5. The molecule has 0 aliphatic carbocycles. The van der Waals surface area contributed by atoms with E-state index in [0.717, 1.165) is 6.07 Å². The number of amides is 2. The first-order valence-electron chi connectivity index (χ1n) is 5.89. The van der Waals surface area contributed by atoms with Crippen molar-refractivity contribution in [2.24, 2.45) is 5.73 Å². The molecule has 7 nitrogen and oxygen atoms in total. The lowest BCUT2D eigenvalue weighted by molar-refractivity contribution is -0.119. The highest BCUT2D eigenvalue weighted by atomic mass is 19.1. The van der Waals surface area contributed by atoms with Crippen LogP contribution in [0, 0.1) is 5.82 Å². The lowest BCUT2D eigenvalue weighted by Crippen LogP contribution is -2.53. The molecule has 1 unspecified atom stereocenters. The van der Waals surface area contributed by atoms with Crippen molar-refractivity contribution >= 4 is 23.4 Å². The number of hydrogen-bond donors (Lipinski definition) is 3. The van der Waals surface area contributed by atoms with Gasteiger partial charge in [0.1, 0.15) is 5.82 Å². The molecular formula is C12H15FN4O3. The van der Waals surface area contributed by atoms with Crippen LogP contribution in [0.25, 0.3) is 0 Å². The summed E-state index contributed by atoms with van der Waals surface area (Å²) in [5.74, 6) is -0.922. The van der Waals surface area contributed by atoms with Crippen molar-refractivity contribution in [3.63, 3.8) is 0 Å². The number of cyclic esters (lactones) is 1. The molecular weight excluding hydrogens is 267 g/mol. The van der Waals surface area contributed by atoms with Crippen LogP contribution in [0.3, 0.4) is 0 Å². The number of nitrogens with zero attached hydrogens (tertiary/aromatic N) is 1. The molecule has 8 heteroatoms. The highest BCUT2D eigenvalue weighted by molar-refractivity contribution is 5.90. The number of nitrogens with one attached hydrogen (secondary N) is 1. The first kappa shape index (κ1) is 14.1. The Kier molecular flexibility index (Phi) is 3.49. The van der Waals surface area contributed by atoms with Gasteiger partial charge in [-0.15, -0.1) is 0 Å². The Hall–Kier alpha value is -2.35. The molecule has 0 saturated carbocycles. The number of anilines is 2. The Labute approximate surface area is 114 Å². The van der Waals surface area contributed by atoms with Crippen LogP contribution in [-0.4, -0.2) is 30.8 Å². The van der Waals surface area contributed by atoms with Crippen molar-refractivity contribution < 1.29 is 18.7 Å². The number of nitrogens with two attached hydrogens (primary N) is 2. The number of carbonyl (C=O) groups excluding carboxylic acids is 2. The topological polar surface area (TPSA) is 111 Å². The van der Waals surface area contributed by atoms with E-state index in [-0.39, 0.29) is 30.4 Å². The predicted molar refractivity (Wildman–Crippen MR) is 70.2 cm³/mol. The number of benzene rings is 1. The fourth-order valence-corrected chi connectivity index (χ4v) is 1.84. The monoisotopic (exact) mass is 282 g/mol. The zero-order valence-corrected chi connectivity index (χ0v) is 10.9. The Balaban J connectivity index is 2.16. The van der Waals surface area contributed by atoms with Gasteiger partial charge in [-0.05, 0) is 18.2 Å². The van der Waals surface area contributed by atoms with E-state index < -0.39 is 17.6 Å². The van der Waals surface area contributed by atoms with E-state index in [4.69, 9.17) is 16.2 Å². The molecule has 20 heavy (non-hydrogen) atoms. The number of ether oxygens (including phenoxy) is 1. The zero-order chi connectivity index (χ0) is 14.9. The number of halogens is 1. The van der Waals surface area contributed by atoms with Gasteiger partial charge in [0.15, 0.2) is 5.72 Å². The van der Waals surface area contributed by atoms with Gasteiger partial charge in [-0.1, -0.05) is 0 Å². The minimum Gasteiger partial charge on any atom is -0.424 e. The molecule has 1 aliphatic heterocycles. The Morgan fingerprint density at radius 1 is 1.60 bits per heavy atom. The molecule has 0 bridgehead atoms. The zero-order valence-electron chi connectivity index (χ0n) is 10.9. The standard InChI is InChI=1S/C12H15FN4O3/c1-7(18)16-5-12(15)6-17(11(19)20-12)8-2-3-10(14)9(13)4-8/h2-4H,5-6,14-15H2,1H3,(H,16,18). The summed E-state index contributed by atoms with van der Waals surface area (Å²) in [5.41, 5.74) is 10.2. The summed E-state index contributed by atoms with van der Waals surface area (Å²) in [4.78, 5) is 23.8. The Morgan fingerprint density at radius 2 is 2.30 bits per heavy atom. The van der Waals surface area contributed by atoms with Gasteiger partial charge in [0, 0.05) is 6.92 Å².